The normalized spacial score (nSPS) is 16.9. The van der Waals surface area contributed by atoms with Gasteiger partial charge in [-0.15, -0.1) is 0 Å². The fourth-order valence-electron chi connectivity index (χ4n) is 2.88. The van der Waals surface area contributed by atoms with E-state index in [1.165, 1.54) is 0 Å². The number of carbonyl (C=O) groups excluding carboxylic acids is 2. The molecule has 0 saturated heterocycles. The molecule has 2 rings (SSSR count). The standard InChI is InChI=1S/C16H26ClN5O2/c1-16(2,3)12(14(24)18-4)20-13(23)11-10-9-21(5)7-6-8-22(10)15(17)19-11/h12H,6-9H2,1-5H3,(H,18,24)(H,20,23). The predicted octanol–water partition coefficient (Wildman–Crippen LogP) is 1.26. The number of halogens is 1. The Morgan fingerprint density at radius 1 is 1.29 bits per heavy atom. The number of likely N-dealkylation sites (N-methyl/N-ethyl adjacent to an activating group) is 1. The monoisotopic (exact) mass is 355 g/mol. The Balaban J connectivity index is 2.31. The third-order valence-electron chi connectivity index (χ3n) is 4.23. The SMILES string of the molecule is CNC(=O)C(NC(=O)c1nc(Cl)n2c1CN(C)CCC2)C(C)(C)C. The van der Waals surface area contributed by atoms with Crippen molar-refractivity contribution >= 4 is 23.4 Å². The number of hydrogen-bond donors (Lipinski definition) is 2. The first-order chi connectivity index (χ1) is 11.1. The summed E-state index contributed by atoms with van der Waals surface area (Å²) in [6, 6.07) is -0.658. The first-order valence-electron chi connectivity index (χ1n) is 8.11. The predicted molar refractivity (Wildman–Crippen MR) is 93.0 cm³/mol. The molecule has 8 heteroatoms. The second-order valence-electron chi connectivity index (χ2n) is 7.31. The summed E-state index contributed by atoms with van der Waals surface area (Å²) in [5, 5.41) is 5.74. The van der Waals surface area contributed by atoms with Gasteiger partial charge >= 0.3 is 0 Å². The van der Waals surface area contributed by atoms with Crippen LogP contribution in [0.25, 0.3) is 0 Å². The van der Waals surface area contributed by atoms with E-state index in [-0.39, 0.29) is 11.8 Å². The Morgan fingerprint density at radius 3 is 2.54 bits per heavy atom. The zero-order valence-corrected chi connectivity index (χ0v) is 15.7. The molecule has 1 aliphatic heterocycles. The van der Waals surface area contributed by atoms with Gasteiger partial charge in [0.15, 0.2) is 5.69 Å². The summed E-state index contributed by atoms with van der Waals surface area (Å²) in [6.45, 7) is 7.98. The van der Waals surface area contributed by atoms with Gasteiger partial charge in [-0.1, -0.05) is 20.8 Å². The van der Waals surface area contributed by atoms with Crippen LogP contribution in [0.3, 0.4) is 0 Å². The van der Waals surface area contributed by atoms with E-state index in [2.05, 4.69) is 20.5 Å². The third-order valence-corrected chi connectivity index (χ3v) is 4.52. The van der Waals surface area contributed by atoms with Gasteiger partial charge in [0.1, 0.15) is 6.04 Å². The zero-order chi connectivity index (χ0) is 18.1. The largest absolute Gasteiger partial charge is 0.357 e. The van der Waals surface area contributed by atoms with E-state index in [9.17, 15) is 9.59 Å². The minimum atomic E-state index is -0.658. The number of nitrogens with one attached hydrogen (secondary N) is 2. The van der Waals surface area contributed by atoms with Gasteiger partial charge in [-0.05, 0) is 37.0 Å². The third kappa shape index (κ3) is 3.89. The second-order valence-corrected chi connectivity index (χ2v) is 7.64. The van der Waals surface area contributed by atoms with Crippen LogP contribution in [0.2, 0.25) is 5.28 Å². The molecule has 2 N–H and O–H groups in total. The van der Waals surface area contributed by atoms with Crippen molar-refractivity contribution in [1.82, 2.24) is 25.1 Å². The quantitative estimate of drug-likeness (QED) is 0.855. The molecule has 1 unspecified atom stereocenters. The second kappa shape index (κ2) is 7.11. The summed E-state index contributed by atoms with van der Waals surface area (Å²) in [5.41, 5.74) is 0.668. The van der Waals surface area contributed by atoms with Gasteiger partial charge in [-0.25, -0.2) is 4.98 Å². The highest BCUT2D eigenvalue weighted by Crippen LogP contribution is 2.23. The van der Waals surface area contributed by atoms with Crippen LogP contribution < -0.4 is 10.6 Å². The van der Waals surface area contributed by atoms with Gasteiger partial charge in [0.25, 0.3) is 5.91 Å². The van der Waals surface area contributed by atoms with Gasteiger partial charge in [0, 0.05) is 20.1 Å². The summed E-state index contributed by atoms with van der Waals surface area (Å²) in [4.78, 5) is 31.3. The molecule has 2 amide bonds. The summed E-state index contributed by atoms with van der Waals surface area (Å²) in [7, 11) is 3.56. The maximum Gasteiger partial charge on any atom is 0.272 e. The number of imidazole rings is 1. The molecule has 1 aromatic heterocycles. The molecule has 1 aromatic rings. The lowest BCUT2D eigenvalue weighted by Crippen LogP contribution is -2.53. The number of carbonyl (C=O) groups is 2. The van der Waals surface area contributed by atoms with Crippen LogP contribution in [0.1, 0.15) is 43.4 Å². The molecule has 134 valence electrons. The topological polar surface area (TPSA) is 79.3 Å². The van der Waals surface area contributed by atoms with Crippen molar-refractivity contribution in [1.29, 1.82) is 0 Å². The van der Waals surface area contributed by atoms with Crippen molar-refractivity contribution in [2.75, 3.05) is 20.6 Å². The van der Waals surface area contributed by atoms with Crippen molar-refractivity contribution in [3.8, 4) is 0 Å². The molecular weight excluding hydrogens is 330 g/mol. The van der Waals surface area contributed by atoms with E-state index in [0.717, 1.165) is 25.2 Å². The number of amides is 2. The Labute approximate surface area is 147 Å². The summed E-state index contributed by atoms with van der Waals surface area (Å²) in [5.74, 6) is -0.603. The molecule has 7 nitrogen and oxygen atoms in total. The molecular formula is C16H26ClN5O2. The number of aromatic nitrogens is 2. The van der Waals surface area contributed by atoms with Crippen LogP contribution in [-0.4, -0.2) is 52.9 Å². The Morgan fingerprint density at radius 2 is 1.96 bits per heavy atom. The zero-order valence-electron chi connectivity index (χ0n) is 14.9. The van der Waals surface area contributed by atoms with Crippen molar-refractivity contribution in [2.45, 2.75) is 46.3 Å². The summed E-state index contributed by atoms with van der Waals surface area (Å²) in [6.07, 6.45) is 0.948. The number of rotatable bonds is 3. The smallest absolute Gasteiger partial charge is 0.272 e. The van der Waals surface area contributed by atoms with Crippen LogP contribution in [0.5, 0.6) is 0 Å². The Kier molecular flexibility index (Phi) is 5.55. The summed E-state index contributed by atoms with van der Waals surface area (Å²) >= 11 is 6.22. The van der Waals surface area contributed by atoms with Gasteiger partial charge in [0.2, 0.25) is 11.2 Å². The van der Waals surface area contributed by atoms with E-state index in [1.54, 1.807) is 7.05 Å². The molecule has 0 saturated carbocycles. The summed E-state index contributed by atoms with van der Waals surface area (Å²) < 4.78 is 1.88. The van der Waals surface area contributed by atoms with E-state index in [0.29, 0.717) is 17.5 Å². The molecule has 1 aliphatic rings. The first-order valence-corrected chi connectivity index (χ1v) is 8.49. The first kappa shape index (κ1) is 18.7. The maximum absolute atomic E-state index is 12.8. The lowest BCUT2D eigenvalue weighted by Gasteiger charge is -2.29. The molecule has 0 aliphatic carbocycles. The fourth-order valence-corrected chi connectivity index (χ4v) is 3.15. The van der Waals surface area contributed by atoms with Gasteiger partial charge in [-0.3, -0.25) is 9.59 Å². The van der Waals surface area contributed by atoms with E-state index in [4.69, 9.17) is 11.6 Å². The van der Waals surface area contributed by atoms with Crippen LogP contribution in [0, 0.1) is 5.41 Å². The Bertz CT molecular complexity index is 635. The number of nitrogens with zero attached hydrogens (tertiary/aromatic N) is 3. The van der Waals surface area contributed by atoms with Crippen molar-refractivity contribution in [3.05, 3.63) is 16.7 Å². The van der Waals surface area contributed by atoms with E-state index >= 15 is 0 Å². The van der Waals surface area contributed by atoms with Crippen molar-refractivity contribution in [3.63, 3.8) is 0 Å². The molecule has 0 spiro atoms. The maximum atomic E-state index is 12.8. The fraction of sp³-hybridized carbons (Fsp3) is 0.688. The molecule has 0 aromatic carbocycles. The highest BCUT2D eigenvalue weighted by Gasteiger charge is 2.34. The molecule has 1 atom stereocenters. The van der Waals surface area contributed by atoms with Crippen molar-refractivity contribution < 1.29 is 9.59 Å². The van der Waals surface area contributed by atoms with Crippen molar-refractivity contribution in [2.24, 2.45) is 5.41 Å². The van der Waals surface area contributed by atoms with Crippen LogP contribution in [-0.2, 0) is 17.9 Å². The molecule has 0 radical (unpaired) electrons. The molecule has 2 heterocycles. The molecule has 0 bridgehead atoms. The Hall–Kier alpha value is -1.60. The van der Waals surface area contributed by atoms with E-state index in [1.807, 2.05) is 32.4 Å². The number of fused-ring (bicyclic) bond motifs is 1. The average molecular weight is 356 g/mol. The average Bonchev–Trinajstić information content (AvgIpc) is 2.68. The molecule has 0 fully saturated rings. The van der Waals surface area contributed by atoms with E-state index < -0.39 is 11.5 Å². The van der Waals surface area contributed by atoms with Gasteiger partial charge in [-0.2, -0.15) is 0 Å². The lowest BCUT2D eigenvalue weighted by atomic mass is 9.86. The van der Waals surface area contributed by atoms with Crippen LogP contribution >= 0.6 is 11.6 Å². The van der Waals surface area contributed by atoms with Gasteiger partial charge in [0.05, 0.1) is 5.69 Å². The number of hydrogen-bond acceptors (Lipinski definition) is 4. The highest BCUT2D eigenvalue weighted by atomic mass is 35.5. The minimum Gasteiger partial charge on any atom is -0.357 e. The highest BCUT2D eigenvalue weighted by molar-refractivity contribution is 6.28. The van der Waals surface area contributed by atoms with Gasteiger partial charge < -0.3 is 20.1 Å². The van der Waals surface area contributed by atoms with Crippen LogP contribution in [0.4, 0.5) is 0 Å². The van der Waals surface area contributed by atoms with Crippen LogP contribution in [0.15, 0.2) is 0 Å². The molecule has 24 heavy (non-hydrogen) atoms. The lowest BCUT2D eigenvalue weighted by molar-refractivity contribution is -0.124. The minimum absolute atomic E-state index is 0.232.